The fourth-order valence-corrected chi connectivity index (χ4v) is 3.74. The Morgan fingerprint density at radius 2 is 1.86 bits per heavy atom. The molecule has 0 radical (unpaired) electrons. The van der Waals surface area contributed by atoms with Crippen molar-refractivity contribution in [2.75, 3.05) is 13.1 Å². The standard InChI is InChI=1S/C16H22N4OS/c1-11-14(10-17)15(19-13(3)18-11)22-12(2)16(21)20-8-6-4-5-7-9-20/h12H,4-9H2,1-3H3/t12-/m0/s1. The van der Waals surface area contributed by atoms with Crippen molar-refractivity contribution >= 4 is 17.7 Å². The fraction of sp³-hybridized carbons (Fsp3) is 0.625. The molecule has 0 saturated carbocycles. The lowest BCUT2D eigenvalue weighted by Crippen LogP contribution is -2.37. The van der Waals surface area contributed by atoms with Gasteiger partial charge < -0.3 is 4.90 Å². The molecule has 0 N–H and O–H groups in total. The molecular weight excluding hydrogens is 296 g/mol. The van der Waals surface area contributed by atoms with Crippen LogP contribution in [0.2, 0.25) is 0 Å². The third kappa shape index (κ3) is 3.98. The average molecular weight is 318 g/mol. The summed E-state index contributed by atoms with van der Waals surface area (Å²) in [6, 6.07) is 2.15. The van der Waals surface area contributed by atoms with Crippen LogP contribution in [0.15, 0.2) is 5.03 Å². The molecule has 1 aromatic rings. The van der Waals surface area contributed by atoms with Gasteiger partial charge in [0.1, 0.15) is 22.5 Å². The van der Waals surface area contributed by atoms with E-state index < -0.39 is 0 Å². The van der Waals surface area contributed by atoms with Gasteiger partial charge in [0.15, 0.2) is 0 Å². The third-order valence-electron chi connectivity index (χ3n) is 3.83. The Balaban J connectivity index is 2.13. The molecule has 1 atom stereocenters. The number of nitrogens with zero attached hydrogens (tertiary/aromatic N) is 4. The molecule has 5 nitrogen and oxygen atoms in total. The summed E-state index contributed by atoms with van der Waals surface area (Å²) in [7, 11) is 0. The van der Waals surface area contributed by atoms with Gasteiger partial charge in [-0.1, -0.05) is 24.6 Å². The topological polar surface area (TPSA) is 69.9 Å². The Kier molecular flexibility index (Phi) is 5.78. The summed E-state index contributed by atoms with van der Waals surface area (Å²) in [5.74, 6) is 0.776. The molecule has 1 fully saturated rings. The number of carbonyl (C=O) groups is 1. The van der Waals surface area contributed by atoms with Gasteiger partial charge in [-0.2, -0.15) is 5.26 Å². The van der Waals surface area contributed by atoms with Crippen LogP contribution >= 0.6 is 11.8 Å². The SMILES string of the molecule is Cc1nc(C)c(C#N)c(S[C@@H](C)C(=O)N2CCCCCC2)n1. The van der Waals surface area contributed by atoms with Gasteiger partial charge in [-0.25, -0.2) is 9.97 Å². The molecule has 1 amide bonds. The third-order valence-corrected chi connectivity index (χ3v) is 4.91. The number of amides is 1. The Morgan fingerprint density at radius 1 is 1.23 bits per heavy atom. The predicted octanol–water partition coefficient (Wildman–Crippen LogP) is 2.85. The first kappa shape index (κ1) is 16.8. The molecule has 1 aliphatic rings. The van der Waals surface area contributed by atoms with Crippen LogP contribution in [-0.2, 0) is 4.79 Å². The molecule has 0 unspecified atom stereocenters. The molecule has 1 aliphatic heterocycles. The van der Waals surface area contributed by atoms with Crippen molar-refractivity contribution in [3.8, 4) is 6.07 Å². The highest BCUT2D eigenvalue weighted by Gasteiger charge is 2.24. The van der Waals surface area contributed by atoms with E-state index in [0.29, 0.717) is 22.1 Å². The van der Waals surface area contributed by atoms with Crippen molar-refractivity contribution < 1.29 is 4.79 Å². The predicted molar refractivity (Wildman–Crippen MR) is 86.6 cm³/mol. The van der Waals surface area contributed by atoms with Crippen molar-refractivity contribution in [2.45, 2.75) is 56.7 Å². The van der Waals surface area contributed by atoms with Crippen molar-refractivity contribution in [1.82, 2.24) is 14.9 Å². The second-order valence-electron chi connectivity index (χ2n) is 5.65. The van der Waals surface area contributed by atoms with Crippen LogP contribution in [0.4, 0.5) is 0 Å². The molecule has 0 aromatic carbocycles. The van der Waals surface area contributed by atoms with Gasteiger partial charge in [0, 0.05) is 13.1 Å². The van der Waals surface area contributed by atoms with Crippen LogP contribution < -0.4 is 0 Å². The molecule has 0 bridgehead atoms. The maximum absolute atomic E-state index is 12.6. The van der Waals surface area contributed by atoms with Gasteiger partial charge in [-0.05, 0) is 33.6 Å². The molecule has 1 aromatic heterocycles. The lowest BCUT2D eigenvalue weighted by molar-refractivity contribution is -0.130. The number of hydrogen-bond acceptors (Lipinski definition) is 5. The zero-order chi connectivity index (χ0) is 16.1. The highest BCUT2D eigenvalue weighted by Crippen LogP contribution is 2.27. The van der Waals surface area contributed by atoms with E-state index in [9.17, 15) is 10.1 Å². The highest BCUT2D eigenvalue weighted by atomic mass is 32.2. The maximum atomic E-state index is 12.6. The zero-order valence-corrected chi connectivity index (χ0v) is 14.2. The maximum Gasteiger partial charge on any atom is 0.235 e. The molecule has 2 rings (SSSR count). The lowest BCUT2D eigenvalue weighted by atomic mass is 10.2. The molecule has 0 spiro atoms. The summed E-state index contributed by atoms with van der Waals surface area (Å²) in [5, 5.41) is 9.67. The average Bonchev–Trinajstić information content (AvgIpc) is 2.75. The number of aromatic nitrogens is 2. The minimum absolute atomic E-state index is 0.143. The summed E-state index contributed by atoms with van der Waals surface area (Å²) in [5.41, 5.74) is 1.15. The minimum atomic E-state index is -0.237. The summed E-state index contributed by atoms with van der Waals surface area (Å²) < 4.78 is 0. The van der Waals surface area contributed by atoms with Gasteiger partial charge in [-0.3, -0.25) is 4.79 Å². The highest BCUT2D eigenvalue weighted by molar-refractivity contribution is 8.00. The second kappa shape index (κ2) is 7.59. The fourth-order valence-electron chi connectivity index (χ4n) is 2.66. The Hall–Kier alpha value is -1.61. The smallest absolute Gasteiger partial charge is 0.235 e. The van der Waals surface area contributed by atoms with E-state index in [2.05, 4.69) is 16.0 Å². The number of aryl methyl sites for hydroxylation is 2. The van der Waals surface area contributed by atoms with E-state index in [1.54, 1.807) is 13.8 Å². The number of hydrogen-bond donors (Lipinski definition) is 0. The number of nitriles is 1. The van der Waals surface area contributed by atoms with Gasteiger partial charge in [0.05, 0.1) is 10.9 Å². The van der Waals surface area contributed by atoms with Crippen LogP contribution in [0, 0.1) is 25.2 Å². The van der Waals surface area contributed by atoms with Crippen molar-refractivity contribution in [3.63, 3.8) is 0 Å². The van der Waals surface area contributed by atoms with Gasteiger partial charge >= 0.3 is 0 Å². The summed E-state index contributed by atoms with van der Waals surface area (Å²) >= 11 is 1.37. The van der Waals surface area contributed by atoms with E-state index in [0.717, 1.165) is 25.9 Å². The first-order valence-corrected chi connectivity index (χ1v) is 8.61. The van der Waals surface area contributed by atoms with Gasteiger partial charge in [0.25, 0.3) is 0 Å². The summed E-state index contributed by atoms with van der Waals surface area (Å²) in [6.45, 7) is 7.19. The number of rotatable bonds is 3. The molecule has 2 heterocycles. The molecule has 118 valence electrons. The van der Waals surface area contributed by atoms with E-state index in [1.165, 1.54) is 24.6 Å². The molecular formula is C16H22N4OS. The lowest BCUT2D eigenvalue weighted by Gasteiger charge is -2.23. The van der Waals surface area contributed by atoms with Crippen LogP contribution in [0.1, 0.15) is 49.7 Å². The molecule has 22 heavy (non-hydrogen) atoms. The summed E-state index contributed by atoms with van der Waals surface area (Å²) in [6.07, 6.45) is 4.57. The number of thioether (sulfide) groups is 1. The van der Waals surface area contributed by atoms with E-state index in [-0.39, 0.29) is 11.2 Å². The van der Waals surface area contributed by atoms with E-state index in [4.69, 9.17) is 0 Å². The molecule has 6 heteroatoms. The van der Waals surface area contributed by atoms with Crippen LogP contribution in [-0.4, -0.2) is 39.1 Å². The Bertz CT molecular complexity index is 589. The minimum Gasteiger partial charge on any atom is -0.342 e. The van der Waals surface area contributed by atoms with Gasteiger partial charge in [-0.15, -0.1) is 0 Å². The quantitative estimate of drug-likeness (QED) is 0.633. The molecule has 0 aliphatic carbocycles. The van der Waals surface area contributed by atoms with Crippen LogP contribution in [0.3, 0.4) is 0 Å². The van der Waals surface area contributed by atoms with Crippen molar-refractivity contribution in [1.29, 1.82) is 5.26 Å². The van der Waals surface area contributed by atoms with Crippen molar-refractivity contribution in [3.05, 3.63) is 17.1 Å². The van der Waals surface area contributed by atoms with Crippen LogP contribution in [0.25, 0.3) is 0 Å². The van der Waals surface area contributed by atoms with E-state index >= 15 is 0 Å². The van der Waals surface area contributed by atoms with Crippen LogP contribution in [0.5, 0.6) is 0 Å². The number of carbonyl (C=O) groups excluding carboxylic acids is 1. The normalized spacial score (nSPS) is 16.7. The van der Waals surface area contributed by atoms with Crippen molar-refractivity contribution in [2.24, 2.45) is 0 Å². The van der Waals surface area contributed by atoms with Gasteiger partial charge in [0.2, 0.25) is 5.91 Å². The number of likely N-dealkylation sites (tertiary alicyclic amines) is 1. The Morgan fingerprint density at radius 3 is 2.45 bits per heavy atom. The monoisotopic (exact) mass is 318 g/mol. The Labute approximate surface area is 136 Å². The largest absolute Gasteiger partial charge is 0.342 e. The molecule has 1 saturated heterocycles. The second-order valence-corrected chi connectivity index (χ2v) is 6.98. The summed E-state index contributed by atoms with van der Waals surface area (Å²) in [4.78, 5) is 23.1. The van der Waals surface area contributed by atoms with E-state index in [1.807, 2.05) is 11.8 Å². The zero-order valence-electron chi connectivity index (χ0n) is 13.4. The first-order valence-electron chi connectivity index (χ1n) is 7.73. The first-order chi connectivity index (χ1) is 10.5.